The van der Waals surface area contributed by atoms with Gasteiger partial charge in [-0.2, -0.15) is 8.42 Å². The van der Waals surface area contributed by atoms with E-state index in [1.807, 2.05) is 0 Å². The summed E-state index contributed by atoms with van der Waals surface area (Å²) in [6, 6.07) is 8.66. The molecule has 0 aliphatic heterocycles. The van der Waals surface area contributed by atoms with Crippen LogP contribution in [0.15, 0.2) is 47.0 Å². The van der Waals surface area contributed by atoms with Gasteiger partial charge in [0.2, 0.25) is 11.8 Å². The lowest BCUT2D eigenvalue weighted by Crippen LogP contribution is -2.14. The number of phenols is 1. The van der Waals surface area contributed by atoms with Gasteiger partial charge in [0.1, 0.15) is 10.9 Å². The summed E-state index contributed by atoms with van der Waals surface area (Å²) >= 11 is 5.68. The van der Waals surface area contributed by atoms with E-state index in [1.54, 1.807) is 0 Å². The normalized spacial score (nSPS) is 12.9. The Bertz CT molecular complexity index is 955. The van der Waals surface area contributed by atoms with E-state index in [1.165, 1.54) is 42.6 Å². The van der Waals surface area contributed by atoms with Gasteiger partial charge >= 0.3 is 0 Å². The highest BCUT2D eigenvalue weighted by molar-refractivity contribution is 7.86. The molecule has 0 aliphatic rings. The van der Waals surface area contributed by atoms with Crippen LogP contribution in [0.2, 0.25) is 5.15 Å². The Morgan fingerprint density at radius 1 is 1.08 bits per heavy atom. The van der Waals surface area contributed by atoms with Gasteiger partial charge < -0.3 is 9.52 Å². The highest BCUT2D eigenvalue weighted by atomic mass is 35.5. The van der Waals surface area contributed by atoms with Crippen LogP contribution < -0.4 is 0 Å². The number of benzene rings is 1. The lowest BCUT2D eigenvalue weighted by molar-refractivity contribution is 0.450. The number of hydrogen-bond acceptors (Lipinski definition) is 7. The first-order chi connectivity index (χ1) is 11.3. The second-order valence-electron chi connectivity index (χ2n) is 4.80. The molecule has 10 heteroatoms. The van der Waals surface area contributed by atoms with Crippen molar-refractivity contribution in [2.75, 3.05) is 0 Å². The number of hydrogen-bond donors (Lipinski definition) is 2. The number of rotatable bonds is 4. The zero-order valence-electron chi connectivity index (χ0n) is 11.9. The van der Waals surface area contributed by atoms with E-state index in [2.05, 4.69) is 15.2 Å². The Kier molecular flexibility index (Phi) is 4.22. The molecule has 1 atom stereocenters. The number of halogens is 1. The van der Waals surface area contributed by atoms with Gasteiger partial charge in [0.15, 0.2) is 5.25 Å². The quantitative estimate of drug-likeness (QED) is 0.531. The molecule has 2 aromatic heterocycles. The molecule has 124 valence electrons. The molecule has 1 aromatic carbocycles. The summed E-state index contributed by atoms with van der Waals surface area (Å²) in [7, 11) is -4.58. The fourth-order valence-electron chi connectivity index (χ4n) is 2.05. The predicted molar refractivity (Wildman–Crippen MR) is 84.0 cm³/mol. The summed E-state index contributed by atoms with van der Waals surface area (Å²) in [5, 5.41) is 15.3. The van der Waals surface area contributed by atoms with Crippen LogP contribution in [-0.4, -0.2) is 33.3 Å². The van der Waals surface area contributed by atoms with E-state index in [0.29, 0.717) is 5.56 Å². The molecule has 2 N–H and O–H groups in total. The Labute approximate surface area is 141 Å². The van der Waals surface area contributed by atoms with E-state index in [9.17, 15) is 18.1 Å². The number of aromatic hydroxyl groups is 1. The summed E-state index contributed by atoms with van der Waals surface area (Å²) in [5.41, 5.74) is 0.609. The van der Waals surface area contributed by atoms with Crippen LogP contribution in [0.3, 0.4) is 0 Å². The van der Waals surface area contributed by atoms with Crippen LogP contribution in [0, 0.1) is 0 Å². The van der Waals surface area contributed by atoms with Crippen LogP contribution in [0.25, 0.3) is 11.5 Å². The third kappa shape index (κ3) is 3.37. The molecular formula is C14H10ClN3O5S. The van der Waals surface area contributed by atoms with E-state index in [4.69, 9.17) is 16.0 Å². The van der Waals surface area contributed by atoms with Gasteiger partial charge in [-0.15, -0.1) is 10.2 Å². The fourth-order valence-corrected chi connectivity index (χ4v) is 2.99. The Hall–Kier alpha value is -2.49. The highest BCUT2D eigenvalue weighted by Gasteiger charge is 2.33. The predicted octanol–water partition coefficient (Wildman–Crippen LogP) is 2.47. The van der Waals surface area contributed by atoms with Crippen molar-refractivity contribution in [2.24, 2.45) is 0 Å². The molecule has 0 spiro atoms. The molecule has 0 amide bonds. The number of nitrogens with zero attached hydrogens (tertiary/aromatic N) is 3. The van der Waals surface area contributed by atoms with Crippen molar-refractivity contribution in [3.8, 4) is 17.2 Å². The summed E-state index contributed by atoms with van der Waals surface area (Å²) in [4.78, 5) is 3.79. The average molecular weight is 368 g/mol. The molecule has 0 fully saturated rings. The number of phenolic OH excluding ortho intramolecular Hbond substituents is 1. The minimum Gasteiger partial charge on any atom is -0.508 e. The number of aromatic nitrogens is 3. The zero-order chi connectivity index (χ0) is 17.3. The molecule has 2 heterocycles. The third-order valence-electron chi connectivity index (χ3n) is 3.13. The number of pyridine rings is 1. The summed E-state index contributed by atoms with van der Waals surface area (Å²) in [6.45, 7) is 0. The van der Waals surface area contributed by atoms with Gasteiger partial charge in [-0.3, -0.25) is 4.55 Å². The van der Waals surface area contributed by atoms with Crippen molar-refractivity contribution < 1.29 is 22.5 Å². The lowest BCUT2D eigenvalue weighted by atomic mass is 10.2. The van der Waals surface area contributed by atoms with Gasteiger partial charge in [-0.05, 0) is 30.3 Å². The SMILES string of the molecule is O=S(=O)(O)C(c1ccc(Cl)nc1)c1nnc(-c2ccc(O)cc2)o1. The van der Waals surface area contributed by atoms with Gasteiger partial charge in [-0.25, -0.2) is 4.98 Å². The maximum absolute atomic E-state index is 11.7. The van der Waals surface area contributed by atoms with Gasteiger partial charge in [0.25, 0.3) is 10.1 Å². The third-order valence-corrected chi connectivity index (χ3v) is 4.42. The van der Waals surface area contributed by atoms with E-state index >= 15 is 0 Å². The molecule has 24 heavy (non-hydrogen) atoms. The maximum Gasteiger partial charge on any atom is 0.281 e. The largest absolute Gasteiger partial charge is 0.508 e. The molecule has 0 bridgehead atoms. The maximum atomic E-state index is 11.7. The summed E-state index contributed by atoms with van der Waals surface area (Å²) in [6.07, 6.45) is 1.20. The summed E-state index contributed by atoms with van der Waals surface area (Å²) in [5.74, 6) is -0.216. The fraction of sp³-hybridized carbons (Fsp3) is 0.0714. The van der Waals surface area contributed by atoms with Crippen molar-refractivity contribution in [3.63, 3.8) is 0 Å². The molecule has 0 saturated carbocycles. The molecule has 8 nitrogen and oxygen atoms in total. The van der Waals surface area contributed by atoms with Crippen molar-refractivity contribution in [3.05, 3.63) is 59.2 Å². The minimum atomic E-state index is -4.58. The first kappa shape index (κ1) is 16.4. The Morgan fingerprint density at radius 3 is 2.38 bits per heavy atom. The van der Waals surface area contributed by atoms with Crippen molar-refractivity contribution in [1.82, 2.24) is 15.2 Å². The molecular weight excluding hydrogens is 358 g/mol. The second kappa shape index (κ2) is 6.19. The van der Waals surface area contributed by atoms with Crippen molar-refractivity contribution in [1.29, 1.82) is 0 Å². The van der Waals surface area contributed by atoms with Crippen molar-refractivity contribution >= 4 is 21.7 Å². The van der Waals surface area contributed by atoms with Crippen LogP contribution >= 0.6 is 11.6 Å². The first-order valence-corrected chi connectivity index (χ1v) is 8.43. The first-order valence-electron chi connectivity index (χ1n) is 6.55. The molecule has 0 saturated heterocycles. The van der Waals surface area contributed by atoms with Crippen LogP contribution in [0.5, 0.6) is 5.75 Å². The smallest absolute Gasteiger partial charge is 0.281 e. The molecule has 1 unspecified atom stereocenters. The highest BCUT2D eigenvalue weighted by Crippen LogP contribution is 2.31. The zero-order valence-corrected chi connectivity index (χ0v) is 13.4. The molecule has 0 aliphatic carbocycles. The van der Waals surface area contributed by atoms with Gasteiger partial charge in [0.05, 0.1) is 0 Å². The second-order valence-corrected chi connectivity index (χ2v) is 6.69. The van der Waals surface area contributed by atoms with E-state index in [-0.39, 0.29) is 28.2 Å². The monoisotopic (exact) mass is 367 g/mol. The summed E-state index contributed by atoms with van der Waals surface area (Å²) < 4.78 is 38.4. The van der Waals surface area contributed by atoms with Crippen LogP contribution in [0.1, 0.15) is 16.7 Å². The van der Waals surface area contributed by atoms with Crippen LogP contribution in [0.4, 0.5) is 0 Å². The molecule has 0 radical (unpaired) electrons. The topological polar surface area (TPSA) is 126 Å². The van der Waals surface area contributed by atoms with Gasteiger partial charge in [-0.1, -0.05) is 17.7 Å². The Balaban J connectivity index is 2.03. The molecule has 3 aromatic rings. The molecule has 3 rings (SSSR count). The lowest BCUT2D eigenvalue weighted by Gasteiger charge is -2.09. The van der Waals surface area contributed by atoms with Crippen molar-refractivity contribution in [2.45, 2.75) is 5.25 Å². The standard InChI is InChI=1S/C14H10ClN3O5S/c15-11-6-3-9(7-16-11)12(24(20,21)22)14-18-17-13(23-14)8-1-4-10(19)5-2-8/h1-7,12,19H,(H,20,21,22). The van der Waals surface area contributed by atoms with E-state index < -0.39 is 15.4 Å². The van der Waals surface area contributed by atoms with Gasteiger partial charge in [0, 0.05) is 17.3 Å². The van der Waals surface area contributed by atoms with Crippen LogP contribution in [-0.2, 0) is 10.1 Å². The Morgan fingerprint density at radius 2 is 1.79 bits per heavy atom. The van der Waals surface area contributed by atoms with E-state index in [0.717, 1.165) is 0 Å². The minimum absolute atomic E-state index is 0.0422. The average Bonchev–Trinajstić information content (AvgIpc) is 2.98.